The van der Waals surface area contributed by atoms with Gasteiger partial charge in [0.2, 0.25) is 0 Å². The van der Waals surface area contributed by atoms with Crippen LogP contribution in [-0.4, -0.2) is 15.6 Å². The highest BCUT2D eigenvalue weighted by Crippen LogP contribution is 2.15. The van der Waals surface area contributed by atoms with Gasteiger partial charge in [0.05, 0.1) is 5.69 Å². The van der Waals surface area contributed by atoms with E-state index in [0.29, 0.717) is 12.8 Å². The molecule has 0 aliphatic rings. The molecule has 0 bridgehead atoms. The van der Waals surface area contributed by atoms with E-state index in [1.807, 2.05) is 31.6 Å². The summed E-state index contributed by atoms with van der Waals surface area (Å²) >= 11 is 0. The molecule has 0 N–H and O–H groups in total. The van der Waals surface area contributed by atoms with Crippen molar-refractivity contribution in [3.63, 3.8) is 0 Å². The molecular weight excluding hydrogens is 248 g/mol. The van der Waals surface area contributed by atoms with Crippen LogP contribution in [0, 0.1) is 27.7 Å². The number of hydrogen-bond donors (Lipinski definition) is 0. The third kappa shape index (κ3) is 2.98. The lowest BCUT2D eigenvalue weighted by Crippen LogP contribution is -2.08. The van der Waals surface area contributed by atoms with E-state index in [2.05, 4.69) is 31.1 Å². The van der Waals surface area contributed by atoms with Gasteiger partial charge in [0.1, 0.15) is 5.78 Å². The molecule has 2 aromatic rings. The Bertz CT molecular complexity index is 653. The number of aromatic nitrogens is 2. The molecule has 0 saturated carbocycles. The van der Waals surface area contributed by atoms with Gasteiger partial charge in [-0.05, 0) is 44.4 Å². The summed E-state index contributed by atoms with van der Waals surface area (Å²) < 4.78 is 1.84. The van der Waals surface area contributed by atoms with Gasteiger partial charge in [0, 0.05) is 31.1 Å². The zero-order chi connectivity index (χ0) is 14.9. The first kappa shape index (κ1) is 14.5. The van der Waals surface area contributed by atoms with Crippen LogP contribution in [0.15, 0.2) is 18.2 Å². The molecule has 0 aliphatic carbocycles. The van der Waals surface area contributed by atoms with E-state index in [4.69, 9.17) is 0 Å². The molecule has 106 valence electrons. The molecule has 2 rings (SSSR count). The Labute approximate surface area is 120 Å². The molecule has 20 heavy (non-hydrogen) atoms. The summed E-state index contributed by atoms with van der Waals surface area (Å²) in [5, 5.41) is 4.36. The smallest absolute Gasteiger partial charge is 0.141 e. The van der Waals surface area contributed by atoms with Crippen molar-refractivity contribution in [2.45, 2.75) is 40.5 Å². The molecule has 0 unspecified atom stereocenters. The molecule has 0 aliphatic heterocycles. The average Bonchev–Trinajstić information content (AvgIpc) is 2.61. The number of Topliss-reactive ketones (excluding diaryl/α,β-unsaturated/α-hetero) is 1. The number of benzene rings is 1. The van der Waals surface area contributed by atoms with Crippen molar-refractivity contribution < 1.29 is 4.79 Å². The van der Waals surface area contributed by atoms with Crippen LogP contribution in [0.4, 0.5) is 0 Å². The predicted molar refractivity (Wildman–Crippen MR) is 81.0 cm³/mol. The molecule has 0 saturated heterocycles. The highest BCUT2D eigenvalue weighted by Gasteiger charge is 2.14. The monoisotopic (exact) mass is 270 g/mol. The van der Waals surface area contributed by atoms with Gasteiger partial charge in [-0.25, -0.2) is 0 Å². The molecule has 0 atom stereocenters. The Morgan fingerprint density at radius 1 is 1.10 bits per heavy atom. The molecular formula is C17H22N2O. The van der Waals surface area contributed by atoms with Gasteiger partial charge in [0.25, 0.3) is 0 Å². The third-order valence-electron chi connectivity index (χ3n) is 4.01. The van der Waals surface area contributed by atoms with E-state index in [1.54, 1.807) is 0 Å². The van der Waals surface area contributed by atoms with Gasteiger partial charge < -0.3 is 0 Å². The fourth-order valence-electron chi connectivity index (χ4n) is 2.47. The molecule has 3 heteroatoms. The lowest BCUT2D eigenvalue weighted by Gasteiger charge is -2.05. The van der Waals surface area contributed by atoms with E-state index >= 15 is 0 Å². The van der Waals surface area contributed by atoms with Gasteiger partial charge in [-0.3, -0.25) is 9.48 Å². The Hall–Kier alpha value is -1.90. The van der Waals surface area contributed by atoms with Crippen LogP contribution in [0.1, 0.15) is 33.6 Å². The maximum Gasteiger partial charge on any atom is 0.141 e. The van der Waals surface area contributed by atoms with Crippen LogP contribution < -0.4 is 0 Å². The van der Waals surface area contributed by atoms with Crippen molar-refractivity contribution >= 4 is 5.78 Å². The van der Waals surface area contributed by atoms with E-state index in [0.717, 1.165) is 22.5 Å². The largest absolute Gasteiger partial charge is 0.299 e. The normalized spacial score (nSPS) is 10.8. The minimum absolute atomic E-state index is 0.243. The van der Waals surface area contributed by atoms with Crippen LogP contribution in [-0.2, 0) is 24.7 Å². The third-order valence-corrected chi connectivity index (χ3v) is 4.01. The van der Waals surface area contributed by atoms with E-state index in [1.165, 1.54) is 11.1 Å². The second-order valence-electron chi connectivity index (χ2n) is 5.58. The first-order valence-corrected chi connectivity index (χ1v) is 6.95. The minimum Gasteiger partial charge on any atom is -0.299 e. The van der Waals surface area contributed by atoms with Gasteiger partial charge in [-0.15, -0.1) is 0 Å². The van der Waals surface area contributed by atoms with Gasteiger partial charge in [-0.2, -0.15) is 5.10 Å². The molecule has 1 aromatic heterocycles. The zero-order valence-corrected chi connectivity index (χ0v) is 12.9. The summed E-state index contributed by atoms with van der Waals surface area (Å²) in [5.74, 6) is 0.243. The van der Waals surface area contributed by atoms with Crippen LogP contribution in [0.5, 0.6) is 0 Å². The molecule has 3 nitrogen and oxygen atoms in total. The lowest BCUT2D eigenvalue weighted by atomic mass is 9.99. The van der Waals surface area contributed by atoms with Crippen LogP contribution in [0.3, 0.4) is 0 Å². The number of hydrogen-bond acceptors (Lipinski definition) is 2. The molecule has 0 radical (unpaired) electrons. The summed E-state index contributed by atoms with van der Waals surface area (Å²) in [6.45, 7) is 8.15. The highest BCUT2D eigenvalue weighted by atomic mass is 16.1. The average molecular weight is 270 g/mol. The first-order chi connectivity index (χ1) is 9.38. The van der Waals surface area contributed by atoms with Crippen LogP contribution in [0.25, 0.3) is 0 Å². The van der Waals surface area contributed by atoms with Crippen molar-refractivity contribution in [1.82, 2.24) is 9.78 Å². The maximum atomic E-state index is 12.3. The number of carbonyl (C=O) groups excluding carboxylic acids is 1. The fraction of sp³-hybridized carbons (Fsp3) is 0.412. The summed E-state index contributed by atoms with van der Waals surface area (Å²) in [6.07, 6.45) is 0.966. The quantitative estimate of drug-likeness (QED) is 0.856. The lowest BCUT2D eigenvalue weighted by molar-refractivity contribution is -0.117. The Balaban J connectivity index is 2.11. The van der Waals surface area contributed by atoms with Crippen molar-refractivity contribution in [3.05, 3.63) is 51.8 Å². The van der Waals surface area contributed by atoms with E-state index < -0.39 is 0 Å². The highest BCUT2D eigenvalue weighted by molar-refractivity contribution is 5.83. The molecule has 0 amide bonds. The minimum atomic E-state index is 0.243. The molecule has 1 heterocycles. The Morgan fingerprint density at radius 2 is 1.80 bits per heavy atom. The predicted octanol–water partition coefficient (Wildman–Crippen LogP) is 3.01. The zero-order valence-electron chi connectivity index (χ0n) is 12.9. The summed E-state index contributed by atoms with van der Waals surface area (Å²) in [4.78, 5) is 12.3. The summed E-state index contributed by atoms with van der Waals surface area (Å²) in [6, 6.07) is 6.23. The number of rotatable bonds is 4. The standard InChI is InChI=1S/C17H22N2O/c1-11-6-7-15(8-12(11)2)9-16(20)10-17-13(3)18-19(5)14(17)4/h6-8H,9-10H2,1-5H3. The van der Waals surface area contributed by atoms with Crippen molar-refractivity contribution in [2.75, 3.05) is 0 Å². The fourth-order valence-corrected chi connectivity index (χ4v) is 2.47. The van der Waals surface area contributed by atoms with Gasteiger partial charge in [0.15, 0.2) is 0 Å². The number of carbonyl (C=O) groups is 1. The molecule has 0 fully saturated rings. The topological polar surface area (TPSA) is 34.9 Å². The number of nitrogens with zero attached hydrogens (tertiary/aromatic N) is 2. The molecule has 0 spiro atoms. The van der Waals surface area contributed by atoms with Crippen molar-refractivity contribution in [3.8, 4) is 0 Å². The van der Waals surface area contributed by atoms with Crippen LogP contribution in [0.2, 0.25) is 0 Å². The van der Waals surface area contributed by atoms with E-state index in [9.17, 15) is 4.79 Å². The second-order valence-corrected chi connectivity index (χ2v) is 5.58. The summed E-state index contributed by atoms with van der Waals surface area (Å²) in [7, 11) is 1.92. The second kappa shape index (κ2) is 5.61. The Morgan fingerprint density at radius 3 is 2.35 bits per heavy atom. The van der Waals surface area contributed by atoms with Crippen molar-refractivity contribution in [1.29, 1.82) is 0 Å². The van der Waals surface area contributed by atoms with Gasteiger partial charge in [-0.1, -0.05) is 18.2 Å². The maximum absolute atomic E-state index is 12.3. The summed E-state index contributed by atoms with van der Waals surface area (Å²) in [5.41, 5.74) is 6.71. The first-order valence-electron chi connectivity index (χ1n) is 6.95. The van der Waals surface area contributed by atoms with Gasteiger partial charge >= 0.3 is 0 Å². The number of ketones is 1. The molecule has 1 aromatic carbocycles. The SMILES string of the molecule is Cc1ccc(CC(=O)Cc2c(C)nn(C)c2C)cc1C. The van der Waals surface area contributed by atoms with E-state index in [-0.39, 0.29) is 5.78 Å². The van der Waals surface area contributed by atoms with Crippen LogP contribution >= 0.6 is 0 Å². The number of aryl methyl sites for hydroxylation is 4. The Kier molecular flexibility index (Phi) is 4.07. The van der Waals surface area contributed by atoms with Crippen molar-refractivity contribution in [2.24, 2.45) is 7.05 Å².